The second-order valence-electron chi connectivity index (χ2n) is 4.94. The maximum absolute atomic E-state index is 6.51. The van der Waals surface area contributed by atoms with Gasteiger partial charge in [-0.05, 0) is 25.7 Å². The molecular weight excluding hydrogens is 184 g/mol. The number of fused-ring (bicyclic) bond motifs is 2. The summed E-state index contributed by atoms with van der Waals surface area (Å²) in [5.74, 6) is 0.688. The largest absolute Gasteiger partial charge is 0.377 e. The molecule has 0 aromatic heterocycles. The maximum Gasteiger partial charge on any atom is 0.0687 e. The van der Waals surface area contributed by atoms with Crippen molar-refractivity contribution in [3.63, 3.8) is 0 Å². The van der Waals surface area contributed by atoms with Crippen LogP contribution >= 0.6 is 11.6 Å². The lowest BCUT2D eigenvalue weighted by Gasteiger charge is -2.59. The van der Waals surface area contributed by atoms with Crippen molar-refractivity contribution in [3.8, 4) is 0 Å². The Balaban J connectivity index is 1.82. The first-order chi connectivity index (χ1) is 6.34. The van der Waals surface area contributed by atoms with Gasteiger partial charge >= 0.3 is 0 Å². The highest BCUT2D eigenvalue weighted by molar-refractivity contribution is 6.22. The van der Waals surface area contributed by atoms with Gasteiger partial charge in [0.1, 0.15) is 0 Å². The normalized spacial score (nSPS) is 47.3. The van der Waals surface area contributed by atoms with Gasteiger partial charge in [0.15, 0.2) is 0 Å². The summed E-state index contributed by atoms with van der Waals surface area (Å²) in [4.78, 5) is 0. The average Bonchev–Trinajstić information content (AvgIpc) is 2.68. The second kappa shape index (κ2) is 2.87. The van der Waals surface area contributed by atoms with Crippen LogP contribution in [0.3, 0.4) is 0 Å². The number of hydrogen-bond acceptors (Lipinski definition) is 1. The highest BCUT2D eigenvalue weighted by Crippen LogP contribution is 2.62. The third kappa shape index (κ3) is 0.979. The molecular formula is C11H17ClO. The molecule has 0 bridgehead atoms. The van der Waals surface area contributed by atoms with Gasteiger partial charge < -0.3 is 4.74 Å². The summed E-state index contributed by atoms with van der Waals surface area (Å²) in [6.45, 7) is 0.979. The van der Waals surface area contributed by atoms with Crippen molar-refractivity contribution in [2.24, 2.45) is 11.3 Å². The lowest BCUT2D eigenvalue weighted by atomic mass is 9.56. The minimum absolute atomic E-state index is 0.409. The highest BCUT2D eigenvalue weighted by Gasteiger charge is 2.62. The monoisotopic (exact) mass is 200 g/mol. The molecule has 1 nitrogen and oxygen atoms in total. The van der Waals surface area contributed by atoms with E-state index < -0.39 is 0 Å². The zero-order valence-electron chi connectivity index (χ0n) is 7.97. The zero-order chi connectivity index (χ0) is 8.89. The van der Waals surface area contributed by atoms with Gasteiger partial charge in [-0.2, -0.15) is 0 Å². The predicted octanol–water partition coefficient (Wildman–Crippen LogP) is 2.96. The summed E-state index contributed by atoms with van der Waals surface area (Å²) in [5, 5.41) is 0.431. The van der Waals surface area contributed by atoms with E-state index in [9.17, 15) is 0 Å². The molecule has 0 aromatic carbocycles. The number of halogens is 1. The van der Waals surface area contributed by atoms with Crippen molar-refractivity contribution in [3.05, 3.63) is 0 Å². The summed E-state index contributed by atoms with van der Waals surface area (Å²) in [5.41, 5.74) is 0.409. The van der Waals surface area contributed by atoms with E-state index in [1.807, 2.05) is 0 Å². The van der Waals surface area contributed by atoms with Gasteiger partial charge in [0, 0.05) is 23.3 Å². The first-order valence-corrected chi connectivity index (χ1v) is 6.04. The molecule has 3 rings (SSSR count). The third-order valence-corrected chi connectivity index (χ3v) is 5.15. The Bertz CT molecular complexity index is 210. The van der Waals surface area contributed by atoms with Crippen molar-refractivity contribution >= 4 is 11.6 Å². The fraction of sp³-hybridized carbons (Fsp3) is 1.00. The number of hydrogen-bond donors (Lipinski definition) is 0. The Morgan fingerprint density at radius 1 is 1.15 bits per heavy atom. The van der Waals surface area contributed by atoms with Crippen LogP contribution in [0.25, 0.3) is 0 Å². The van der Waals surface area contributed by atoms with Crippen LogP contribution in [0.5, 0.6) is 0 Å². The summed E-state index contributed by atoms with van der Waals surface area (Å²) >= 11 is 6.51. The molecule has 13 heavy (non-hydrogen) atoms. The van der Waals surface area contributed by atoms with E-state index in [1.165, 1.54) is 38.5 Å². The van der Waals surface area contributed by atoms with E-state index in [0.29, 0.717) is 22.8 Å². The van der Waals surface area contributed by atoms with Crippen molar-refractivity contribution in [1.82, 2.24) is 0 Å². The fourth-order valence-electron chi connectivity index (χ4n) is 3.75. The SMILES string of the molecule is Cl[C@@H]1[C@@H]2CCCO[C@H]2C12CCCC2. The van der Waals surface area contributed by atoms with Crippen molar-refractivity contribution in [1.29, 1.82) is 0 Å². The van der Waals surface area contributed by atoms with Gasteiger partial charge in [-0.15, -0.1) is 11.6 Å². The summed E-state index contributed by atoms with van der Waals surface area (Å²) in [6.07, 6.45) is 8.45. The Hall–Kier alpha value is 0.250. The summed E-state index contributed by atoms with van der Waals surface area (Å²) in [6, 6.07) is 0. The second-order valence-corrected chi connectivity index (χ2v) is 5.41. The Morgan fingerprint density at radius 2 is 1.92 bits per heavy atom. The van der Waals surface area contributed by atoms with Crippen LogP contribution in [0.4, 0.5) is 0 Å². The van der Waals surface area contributed by atoms with Crippen LogP contribution in [0, 0.1) is 11.3 Å². The Kier molecular flexibility index (Phi) is 1.89. The minimum atomic E-state index is 0.409. The lowest BCUT2D eigenvalue weighted by molar-refractivity contribution is -0.176. The van der Waals surface area contributed by atoms with E-state index in [2.05, 4.69) is 0 Å². The quantitative estimate of drug-likeness (QED) is 0.547. The van der Waals surface area contributed by atoms with Crippen LogP contribution < -0.4 is 0 Å². The predicted molar refractivity (Wildman–Crippen MR) is 53.0 cm³/mol. The number of rotatable bonds is 0. The molecule has 1 aliphatic heterocycles. The highest BCUT2D eigenvalue weighted by atomic mass is 35.5. The third-order valence-electron chi connectivity index (χ3n) is 4.39. The first-order valence-electron chi connectivity index (χ1n) is 5.60. The van der Waals surface area contributed by atoms with Crippen LogP contribution in [-0.2, 0) is 4.74 Å². The Labute approximate surface area is 84.8 Å². The fourth-order valence-corrected chi connectivity index (χ4v) is 4.36. The van der Waals surface area contributed by atoms with Crippen molar-refractivity contribution < 1.29 is 4.74 Å². The molecule has 2 saturated carbocycles. The van der Waals surface area contributed by atoms with Crippen molar-refractivity contribution in [2.75, 3.05) is 6.61 Å². The molecule has 0 unspecified atom stereocenters. The van der Waals surface area contributed by atoms with Crippen LogP contribution in [0.1, 0.15) is 38.5 Å². The zero-order valence-corrected chi connectivity index (χ0v) is 8.72. The van der Waals surface area contributed by atoms with Gasteiger partial charge in [0.2, 0.25) is 0 Å². The molecule has 2 heteroatoms. The molecule has 3 fully saturated rings. The van der Waals surface area contributed by atoms with E-state index >= 15 is 0 Å². The van der Waals surface area contributed by atoms with E-state index in [1.54, 1.807) is 0 Å². The molecule has 0 aromatic rings. The molecule has 0 radical (unpaired) electrons. The maximum atomic E-state index is 6.51. The summed E-state index contributed by atoms with van der Waals surface area (Å²) < 4.78 is 5.90. The molecule has 1 heterocycles. The lowest BCUT2D eigenvalue weighted by Crippen LogP contribution is -2.63. The molecule has 1 saturated heterocycles. The van der Waals surface area contributed by atoms with Gasteiger partial charge in [0.05, 0.1) is 6.10 Å². The molecule has 0 amide bonds. The van der Waals surface area contributed by atoms with Crippen LogP contribution in [0.15, 0.2) is 0 Å². The van der Waals surface area contributed by atoms with E-state index in [-0.39, 0.29) is 0 Å². The molecule has 0 N–H and O–H groups in total. The van der Waals surface area contributed by atoms with E-state index in [0.717, 1.165) is 6.61 Å². The molecule has 1 spiro atoms. The molecule has 3 aliphatic rings. The van der Waals surface area contributed by atoms with Crippen molar-refractivity contribution in [2.45, 2.75) is 50.0 Å². The molecule has 2 aliphatic carbocycles. The smallest absolute Gasteiger partial charge is 0.0687 e. The topological polar surface area (TPSA) is 9.23 Å². The average molecular weight is 201 g/mol. The van der Waals surface area contributed by atoms with Gasteiger partial charge in [-0.25, -0.2) is 0 Å². The standard InChI is InChI=1S/C11H17ClO/c12-9-8-4-3-7-13-10(8)11(9)5-1-2-6-11/h8-10H,1-7H2/t8-,9+,10+/m0/s1. The van der Waals surface area contributed by atoms with E-state index in [4.69, 9.17) is 16.3 Å². The Morgan fingerprint density at radius 3 is 2.69 bits per heavy atom. The number of alkyl halides is 1. The number of ether oxygens (including phenoxy) is 1. The van der Waals surface area contributed by atoms with Gasteiger partial charge in [-0.1, -0.05) is 12.8 Å². The molecule has 74 valence electrons. The van der Waals surface area contributed by atoms with Gasteiger partial charge in [-0.3, -0.25) is 0 Å². The summed E-state index contributed by atoms with van der Waals surface area (Å²) in [7, 11) is 0. The molecule has 3 atom stereocenters. The first kappa shape index (κ1) is 8.55. The minimum Gasteiger partial charge on any atom is -0.377 e. The van der Waals surface area contributed by atoms with Crippen LogP contribution in [0.2, 0.25) is 0 Å². The van der Waals surface area contributed by atoms with Gasteiger partial charge in [0.25, 0.3) is 0 Å². The van der Waals surface area contributed by atoms with Crippen LogP contribution in [-0.4, -0.2) is 18.1 Å².